The number of pyridine rings is 1. The standard InChI is InChI=1S/C15H20N2O3/c1-3-6-11-9-15(2,20-14(11)19)12(18)10-17-13-7-4-5-8-16-13/h4-5,7-8,11H,3,6,9-10H2,1-2H3,(H,16,17)/p+1/t11-,15+/m0/s1. The van der Waals surface area contributed by atoms with E-state index in [1.165, 1.54) is 0 Å². The molecule has 2 rings (SSSR count). The molecule has 2 atom stereocenters. The Bertz CT molecular complexity index is 489. The van der Waals surface area contributed by atoms with E-state index < -0.39 is 5.60 Å². The van der Waals surface area contributed by atoms with Crippen LogP contribution in [0.3, 0.4) is 0 Å². The zero-order valence-electron chi connectivity index (χ0n) is 11.9. The van der Waals surface area contributed by atoms with Gasteiger partial charge in [0.25, 0.3) is 5.82 Å². The van der Waals surface area contributed by atoms with Crippen molar-refractivity contribution in [1.82, 2.24) is 0 Å². The number of nitrogens with one attached hydrogen (secondary N) is 2. The van der Waals surface area contributed by atoms with Gasteiger partial charge in [-0.05, 0) is 19.4 Å². The van der Waals surface area contributed by atoms with Crippen molar-refractivity contribution >= 4 is 17.6 Å². The number of carbonyl (C=O) groups is 2. The highest BCUT2D eigenvalue weighted by Gasteiger charge is 2.48. The number of aromatic amines is 1. The van der Waals surface area contributed by atoms with Gasteiger partial charge in [-0.1, -0.05) is 19.4 Å². The molecule has 1 aromatic rings. The maximum Gasteiger partial charge on any atom is 0.310 e. The molecular weight excluding hydrogens is 256 g/mol. The Morgan fingerprint density at radius 1 is 1.55 bits per heavy atom. The van der Waals surface area contributed by atoms with E-state index in [-0.39, 0.29) is 24.2 Å². The number of hydrogen-bond acceptors (Lipinski definition) is 4. The Hall–Kier alpha value is -1.91. The van der Waals surface area contributed by atoms with E-state index in [4.69, 9.17) is 4.74 Å². The van der Waals surface area contributed by atoms with Crippen molar-refractivity contribution in [2.45, 2.75) is 38.7 Å². The quantitative estimate of drug-likeness (QED) is 0.802. The van der Waals surface area contributed by atoms with Gasteiger partial charge in [-0.3, -0.25) is 14.9 Å². The summed E-state index contributed by atoms with van der Waals surface area (Å²) in [5, 5.41) is 3.01. The molecule has 0 radical (unpaired) electrons. The molecule has 0 bridgehead atoms. The molecule has 20 heavy (non-hydrogen) atoms. The third kappa shape index (κ3) is 3.15. The predicted octanol–water partition coefficient (Wildman–Crippen LogP) is 1.60. The van der Waals surface area contributed by atoms with Crippen LogP contribution in [0, 0.1) is 5.92 Å². The number of carbonyl (C=O) groups excluding carboxylic acids is 2. The van der Waals surface area contributed by atoms with Crippen molar-refractivity contribution in [3.63, 3.8) is 0 Å². The van der Waals surface area contributed by atoms with Gasteiger partial charge in [0.15, 0.2) is 5.60 Å². The predicted molar refractivity (Wildman–Crippen MR) is 74.0 cm³/mol. The SMILES string of the molecule is CCC[C@H]1C[C@](C)(C(=O)CNc2cccc[nH+]2)OC1=O. The second-order valence-corrected chi connectivity index (χ2v) is 5.39. The molecule has 0 aliphatic carbocycles. The molecule has 1 saturated heterocycles. The minimum Gasteiger partial charge on any atom is -0.451 e. The summed E-state index contributed by atoms with van der Waals surface area (Å²) >= 11 is 0. The van der Waals surface area contributed by atoms with Crippen molar-refractivity contribution in [2.75, 3.05) is 11.9 Å². The van der Waals surface area contributed by atoms with Crippen LogP contribution in [-0.4, -0.2) is 23.9 Å². The van der Waals surface area contributed by atoms with Gasteiger partial charge >= 0.3 is 5.97 Å². The normalized spacial score (nSPS) is 25.3. The zero-order valence-corrected chi connectivity index (χ0v) is 11.9. The summed E-state index contributed by atoms with van der Waals surface area (Å²) in [6, 6.07) is 5.58. The van der Waals surface area contributed by atoms with Crippen LogP contribution in [0.1, 0.15) is 33.1 Å². The van der Waals surface area contributed by atoms with Gasteiger partial charge in [0, 0.05) is 12.5 Å². The van der Waals surface area contributed by atoms with Crippen LogP contribution >= 0.6 is 0 Å². The minimum absolute atomic E-state index is 0.0956. The second kappa shape index (κ2) is 6.03. The second-order valence-electron chi connectivity index (χ2n) is 5.39. The van der Waals surface area contributed by atoms with Gasteiger partial charge in [-0.15, -0.1) is 0 Å². The number of cyclic esters (lactones) is 1. The van der Waals surface area contributed by atoms with Crippen LogP contribution in [0.2, 0.25) is 0 Å². The maximum absolute atomic E-state index is 12.3. The number of anilines is 1. The van der Waals surface area contributed by atoms with Crippen LogP contribution in [0.25, 0.3) is 0 Å². The minimum atomic E-state index is -0.987. The molecule has 0 unspecified atom stereocenters. The molecule has 2 N–H and O–H groups in total. The molecule has 0 spiro atoms. The van der Waals surface area contributed by atoms with E-state index in [0.717, 1.165) is 18.7 Å². The molecule has 1 aromatic heterocycles. The lowest BCUT2D eigenvalue weighted by atomic mass is 9.89. The van der Waals surface area contributed by atoms with Crippen molar-refractivity contribution in [2.24, 2.45) is 5.92 Å². The highest BCUT2D eigenvalue weighted by molar-refractivity contribution is 5.94. The third-order valence-corrected chi connectivity index (χ3v) is 3.67. The first kappa shape index (κ1) is 14.5. The molecule has 1 aliphatic rings. The lowest BCUT2D eigenvalue weighted by Crippen LogP contribution is -2.39. The van der Waals surface area contributed by atoms with E-state index in [1.807, 2.05) is 25.1 Å². The fourth-order valence-corrected chi connectivity index (χ4v) is 2.51. The van der Waals surface area contributed by atoms with E-state index in [0.29, 0.717) is 6.42 Å². The van der Waals surface area contributed by atoms with Crippen molar-refractivity contribution < 1.29 is 19.3 Å². The molecule has 5 nitrogen and oxygen atoms in total. The number of rotatable bonds is 6. The molecule has 0 saturated carbocycles. The molecule has 0 aromatic carbocycles. The summed E-state index contributed by atoms with van der Waals surface area (Å²) in [5.74, 6) is 0.284. The van der Waals surface area contributed by atoms with Gasteiger partial charge in [0.05, 0.1) is 12.1 Å². The summed E-state index contributed by atoms with van der Waals surface area (Å²) in [4.78, 5) is 27.0. The summed E-state index contributed by atoms with van der Waals surface area (Å²) < 4.78 is 5.33. The summed E-state index contributed by atoms with van der Waals surface area (Å²) in [6.07, 6.45) is 3.96. The summed E-state index contributed by atoms with van der Waals surface area (Å²) in [5.41, 5.74) is -0.987. The molecule has 1 fully saturated rings. The van der Waals surface area contributed by atoms with E-state index in [9.17, 15) is 9.59 Å². The first-order valence-corrected chi connectivity index (χ1v) is 7.02. The number of Topliss-reactive ketones (excluding diaryl/α,β-unsaturated/α-hetero) is 1. The van der Waals surface area contributed by atoms with E-state index >= 15 is 0 Å². The third-order valence-electron chi connectivity index (χ3n) is 3.67. The molecule has 108 valence electrons. The van der Waals surface area contributed by atoms with Crippen molar-refractivity contribution in [3.05, 3.63) is 24.4 Å². The molecular formula is C15H21N2O3+. The smallest absolute Gasteiger partial charge is 0.310 e. The largest absolute Gasteiger partial charge is 0.451 e. The molecule has 5 heteroatoms. The van der Waals surface area contributed by atoms with Gasteiger partial charge in [0.1, 0.15) is 6.54 Å². The first-order valence-electron chi connectivity index (χ1n) is 7.02. The van der Waals surface area contributed by atoms with Crippen LogP contribution in [0.5, 0.6) is 0 Å². The number of aromatic nitrogens is 1. The number of hydrogen-bond donors (Lipinski definition) is 1. The molecule has 1 aliphatic heterocycles. The van der Waals surface area contributed by atoms with Crippen molar-refractivity contribution in [1.29, 1.82) is 0 Å². The Kier molecular flexibility index (Phi) is 4.37. The number of ether oxygens (including phenoxy) is 1. The molecule has 2 heterocycles. The number of ketones is 1. The lowest BCUT2D eigenvalue weighted by molar-refractivity contribution is -0.361. The summed E-state index contributed by atoms with van der Waals surface area (Å²) in [7, 11) is 0. The Balaban J connectivity index is 1.94. The van der Waals surface area contributed by atoms with Gasteiger partial charge in [0.2, 0.25) is 5.78 Å². The Labute approximate surface area is 118 Å². The van der Waals surface area contributed by atoms with E-state index in [2.05, 4.69) is 10.3 Å². The molecule has 0 amide bonds. The van der Waals surface area contributed by atoms with Gasteiger partial charge < -0.3 is 4.74 Å². The topological polar surface area (TPSA) is 69.5 Å². The van der Waals surface area contributed by atoms with Crippen molar-refractivity contribution in [3.8, 4) is 0 Å². The maximum atomic E-state index is 12.3. The fourth-order valence-electron chi connectivity index (χ4n) is 2.51. The average molecular weight is 277 g/mol. The van der Waals surface area contributed by atoms with Crippen LogP contribution in [-0.2, 0) is 14.3 Å². The zero-order chi connectivity index (χ0) is 14.6. The van der Waals surface area contributed by atoms with E-state index in [1.54, 1.807) is 13.1 Å². The van der Waals surface area contributed by atoms with Crippen LogP contribution in [0.15, 0.2) is 24.4 Å². The van der Waals surface area contributed by atoms with Crippen LogP contribution < -0.4 is 10.3 Å². The number of esters is 1. The monoisotopic (exact) mass is 277 g/mol. The first-order chi connectivity index (χ1) is 9.55. The number of H-pyrrole nitrogens is 1. The Morgan fingerprint density at radius 3 is 3.00 bits per heavy atom. The highest BCUT2D eigenvalue weighted by atomic mass is 16.6. The van der Waals surface area contributed by atoms with Crippen LogP contribution in [0.4, 0.5) is 5.82 Å². The highest BCUT2D eigenvalue weighted by Crippen LogP contribution is 2.34. The van der Waals surface area contributed by atoms with Gasteiger partial charge in [-0.2, -0.15) is 0 Å². The summed E-state index contributed by atoms with van der Waals surface area (Å²) in [6.45, 7) is 3.87. The fraction of sp³-hybridized carbons (Fsp3) is 0.533. The van der Waals surface area contributed by atoms with Gasteiger partial charge in [-0.25, -0.2) is 4.98 Å². The Morgan fingerprint density at radius 2 is 2.35 bits per heavy atom. The lowest BCUT2D eigenvalue weighted by Gasteiger charge is -2.19. The average Bonchev–Trinajstić information content (AvgIpc) is 2.74.